The number of rotatable bonds is 43. The Balaban J connectivity index is 3.58. The van der Waals surface area contributed by atoms with Crippen molar-refractivity contribution in [3.63, 3.8) is 0 Å². The van der Waals surface area contributed by atoms with Gasteiger partial charge in [0, 0.05) is 12.8 Å². The summed E-state index contributed by atoms with van der Waals surface area (Å²) in [4.78, 5) is 24.3. The van der Waals surface area contributed by atoms with Crippen molar-refractivity contribution in [3.8, 4) is 0 Å². The number of allylic oxidation sites excluding steroid dienone is 7. The van der Waals surface area contributed by atoms with E-state index < -0.39 is 12.1 Å². The van der Waals surface area contributed by atoms with Crippen LogP contribution in [-0.2, 0) is 14.3 Å². The summed E-state index contributed by atoms with van der Waals surface area (Å²) in [5.74, 6) is -0.128. The summed E-state index contributed by atoms with van der Waals surface area (Å²) in [6.45, 7) is 4.79. The van der Waals surface area contributed by atoms with Gasteiger partial charge in [0.1, 0.15) is 0 Å². The first kappa shape index (κ1) is 53.8. The smallest absolute Gasteiger partial charge is 0.305 e. The van der Waals surface area contributed by atoms with Crippen molar-refractivity contribution < 1.29 is 24.5 Å². The minimum atomic E-state index is -0.858. The number of esters is 1. The predicted octanol–water partition coefficient (Wildman–Crippen LogP) is 13.9. The van der Waals surface area contributed by atoms with E-state index in [1.807, 2.05) is 6.08 Å². The van der Waals surface area contributed by atoms with Gasteiger partial charge in [-0.25, -0.2) is 0 Å². The van der Waals surface area contributed by atoms with E-state index in [2.05, 4.69) is 55.6 Å². The van der Waals surface area contributed by atoms with Gasteiger partial charge in [-0.05, 0) is 89.9 Å². The zero-order valence-corrected chi connectivity index (χ0v) is 36.8. The molecule has 2 unspecified atom stereocenters. The molecule has 0 fully saturated rings. The largest absolute Gasteiger partial charge is 0.466 e. The maximum absolute atomic E-state index is 12.4. The molecule has 0 rings (SSSR count). The summed E-state index contributed by atoms with van der Waals surface area (Å²) in [5.41, 5.74) is 0. The number of hydrogen-bond donors (Lipinski definition) is 3. The van der Waals surface area contributed by atoms with Gasteiger partial charge in [0.25, 0.3) is 0 Å². The minimum Gasteiger partial charge on any atom is -0.466 e. The fraction of sp³-hybridized carbons (Fsp3) is 0.800. The third-order valence-electron chi connectivity index (χ3n) is 10.6. The van der Waals surface area contributed by atoms with Crippen molar-refractivity contribution in [2.24, 2.45) is 0 Å². The molecule has 6 nitrogen and oxygen atoms in total. The molecule has 0 heterocycles. The van der Waals surface area contributed by atoms with Crippen molar-refractivity contribution in [1.29, 1.82) is 0 Å². The second kappa shape index (κ2) is 45.5. The third-order valence-corrected chi connectivity index (χ3v) is 10.6. The lowest BCUT2D eigenvalue weighted by atomic mass is 10.1. The van der Waals surface area contributed by atoms with Gasteiger partial charge in [0.05, 0.1) is 25.4 Å². The molecule has 0 saturated carbocycles. The molecule has 0 spiro atoms. The number of aliphatic hydroxyl groups is 2. The molecule has 0 aromatic rings. The monoisotopic (exact) mass is 786 g/mol. The maximum atomic E-state index is 12.4. The summed E-state index contributed by atoms with van der Waals surface area (Å²) in [7, 11) is 0. The number of nitrogens with one attached hydrogen (secondary N) is 1. The Kier molecular flexibility index (Phi) is 43.7. The van der Waals surface area contributed by atoms with E-state index >= 15 is 0 Å². The van der Waals surface area contributed by atoms with Crippen LogP contribution in [0.5, 0.6) is 0 Å². The standard InChI is InChI=1S/C50H91NO5/c1-3-5-7-9-11-13-15-22-26-30-34-38-42-48(53)47(46-52)51-49(54)43-39-35-31-27-23-20-18-17-19-21-25-29-33-37-41-45-56-50(55)44-40-36-32-28-24-16-14-12-10-8-6-4-2/h12,14,17,19,21,25,38,42,47-48,52-53H,3-11,13,15-16,18,20,22-24,26-37,39-41,43-46H2,1-2H3,(H,51,54)/b14-12-,19-17-,25-21-,42-38+. The number of amides is 1. The molecular formula is C50H91NO5. The van der Waals surface area contributed by atoms with Gasteiger partial charge < -0.3 is 20.3 Å². The highest BCUT2D eigenvalue weighted by atomic mass is 16.5. The molecule has 0 aliphatic rings. The van der Waals surface area contributed by atoms with Crippen LogP contribution in [0.1, 0.15) is 232 Å². The summed E-state index contributed by atoms with van der Waals surface area (Å²) < 4.78 is 5.41. The average Bonchev–Trinajstić information content (AvgIpc) is 3.20. The molecule has 6 heteroatoms. The molecule has 0 radical (unpaired) electrons. The number of carbonyl (C=O) groups excluding carboxylic acids is 2. The van der Waals surface area contributed by atoms with E-state index in [4.69, 9.17) is 4.74 Å². The van der Waals surface area contributed by atoms with Crippen LogP contribution in [0.4, 0.5) is 0 Å². The van der Waals surface area contributed by atoms with E-state index in [9.17, 15) is 19.8 Å². The first-order valence-corrected chi connectivity index (χ1v) is 23.9. The highest BCUT2D eigenvalue weighted by Gasteiger charge is 2.18. The molecule has 0 aliphatic carbocycles. The summed E-state index contributed by atoms with van der Waals surface area (Å²) in [6.07, 6.45) is 55.3. The van der Waals surface area contributed by atoms with Crippen LogP contribution >= 0.6 is 0 Å². The Morgan fingerprint density at radius 1 is 0.500 bits per heavy atom. The van der Waals surface area contributed by atoms with Crippen LogP contribution in [0.15, 0.2) is 48.6 Å². The molecule has 0 aromatic heterocycles. The van der Waals surface area contributed by atoms with Crippen LogP contribution in [0.25, 0.3) is 0 Å². The lowest BCUT2D eigenvalue weighted by Gasteiger charge is -2.20. The third kappa shape index (κ3) is 41.5. The van der Waals surface area contributed by atoms with Crippen molar-refractivity contribution in [1.82, 2.24) is 5.32 Å². The number of aliphatic hydroxyl groups excluding tert-OH is 2. The van der Waals surface area contributed by atoms with Gasteiger partial charge in [0.15, 0.2) is 0 Å². The second-order valence-corrected chi connectivity index (χ2v) is 16.1. The number of unbranched alkanes of at least 4 members (excludes halogenated alkanes) is 27. The first-order chi connectivity index (χ1) is 27.5. The van der Waals surface area contributed by atoms with Crippen LogP contribution in [0.2, 0.25) is 0 Å². The summed E-state index contributed by atoms with van der Waals surface area (Å²) in [6, 6.07) is -0.644. The summed E-state index contributed by atoms with van der Waals surface area (Å²) >= 11 is 0. The van der Waals surface area contributed by atoms with E-state index in [1.54, 1.807) is 6.08 Å². The van der Waals surface area contributed by atoms with Crippen LogP contribution in [-0.4, -0.2) is 47.4 Å². The number of hydrogen-bond acceptors (Lipinski definition) is 5. The van der Waals surface area contributed by atoms with E-state index in [0.29, 0.717) is 19.4 Å². The van der Waals surface area contributed by atoms with Gasteiger partial charge >= 0.3 is 5.97 Å². The van der Waals surface area contributed by atoms with Crippen LogP contribution in [0, 0.1) is 0 Å². The van der Waals surface area contributed by atoms with Gasteiger partial charge in [-0.1, -0.05) is 178 Å². The Labute approximate surface area is 346 Å². The van der Waals surface area contributed by atoms with E-state index in [1.165, 1.54) is 128 Å². The van der Waals surface area contributed by atoms with Crippen LogP contribution in [0.3, 0.4) is 0 Å². The Hall–Kier alpha value is -2.18. The molecule has 1 amide bonds. The molecule has 0 bridgehead atoms. The van der Waals surface area contributed by atoms with E-state index in [-0.39, 0.29) is 18.5 Å². The lowest BCUT2D eigenvalue weighted by molar-refractivity contribution is -0.143. The van der Waals surface area contributed by atoms with E-state index in [0.717, 1.165) is 77.0 Å². The van der Waals surface area contributed by atoms with Crippen molar-refractivity contribution in [2.45, 2.75) is 244 Å². The fourth-order valence-electron chi connectivity index (χ4n) is 6.85. The number of ether oxygens (including phenoxy) is 1. The Morgan fingerprint density at radius 3 is 1.41 bits per heavy atom. The molecule has 2 atom stereocenters. The Bertz CT molecular complexity index is 957. The van der Waals surface area contributed by atoms with Gasteiger partial charge in [-0.3, -0.25) is 9.59 Å². The molecular weight excluding hydrogens is 695 g/mol. The molecule has 56 heavy (non-hydrogen) atoms. The SMILES string of the molecule is CCCCC/C=C\CCCCCCCC(=O)OCCCCC/C=C\C=C/CCCCCCCCC(=O)NC(CO)C(O)/C=C/CCCCCCCCCCCC. The molecule has 326 valence electrons. The predicted molar refractivity (Wildman–Crippen MR) is 241 cm³/mol. The fourth-order valence-corrected chi connectivity index (χ4v) is 6.85. The molecule has 0 aliphatic heterocycles. The highest BCUT2D eigenvalue weighted by molar-refractivity contribution is 5.76. The first-order valence-electron chi connectivity index (χ1n) is 23.9. The highest BCUT2D eigenvalue weighted by Crippen LogP contribution is 2.13. The van der Waals surface area contributed by atoms with Gasteiger partial charge in [0.2, 0.25) is 5.91 Å². The van der Waals surface area contributed by atoms with Crippen LogP contribution < -0.4 is 5.32 Å². The lowest BCUT2D eigenvalue weighted by Crippen LogP contribution is -2.45. The normalized spacial score (nSPS) is 13.1. The maximum Gasteiger partial charge on any atom is 0.305 e. The molecule has 0 saturated heterocycles. The zero-order valence-electron chi connectivity index (χ0n) is 36.8. The quantitative estimate of drug-likeness (QED) is 0.0248. The molecule has 0 aromatic carbocycles. The molecule has 3 N–H and O–H groups in total. The van der Waals surface area contributed by atoms with Gasteiger partial charge in [-0.15, -0.1) is 0 Å². The van der Waals surface area contributed by atoms with Crippen molar-refractivity contribution >= 4 is 11.9 Å². The topological polar surface area (TPSA) is 95.9 Å². The zero-order chi connectivity index (χ0) is 40.8. The minimum absolute atomic E-state index is 0.0343. The van der Waals surface area contributed by atoms with Gasteiger partial charge in [-0.2, -0.15) is 0 Å². The average molecular weight is 786 g/mol. The van der Waals surface area contributed by atoms with Crippen molar-refractivity contribution in [3.05, 3.63) is 48.6 Å². The van der Waals surface area contributed by atoms with Crippen molar-refractivity contribution in [2.75, 3.05) is 13.2 Å². The number of carbonyl (C=O) groups is 2. The Morgan fingerprint density at radius 2 is 0.893 bits per heavy atom. The summed E-state index contributed by atoms with van der Waals surface area (Å²) in [5, 5.41) is 22.9. The second-order valence-electron chi connectivity index (χ2n) is 16.1.